The molecule has 0 saturated heterocycles. The molecule has 6 nitrogen and oxygen atoms in total. The highest BCUT2D eigenvalue weighted by Crippen LogP contribution is 2.36. The molecule has 0 spiro atoms. The number of sulfonamides is 1. The van der Waals surface area contributed by atoms with Gasteiger partial charge >= 0.3 is 0 Å². The summed E-state index contributed by atoms with van der Waals surface area (Å²) in [7, 11) is -3.44. The minimum Gasteiger partial charge on any atom is -0.300 e. The van der Waals surface area contributed by atoms with Gasteiger partial charge in [-0.2, -0.15) is 5.26 Å². The summed E-state index contributed by atoms with van der Waals surface area (Å²) >= 11 is 3.51. The number of hydrogen-bond donors (Lipinski definition) is 1. The first-order chi connectivity index (χ1) is 15.4. The van der Waals surface area contributed by atoms with Gasteiger partial charge in [-0.1, -0.05) is 15.9 Å². The number of aromatic nitrogens is 2. The van der Waals surface area contributed by atoms with Gasteiger partial charge in [-0.25, -0.2) is 13.4 Å². The van der Waals surface area contributed by atoms with Crippen LogP contribution in [-0.2, 0) is 10.0 Å². The topological polar surface area (TPSA) is 87.8 Å². The molecule has 32 heavy (non-hydrogen) atoms. The molecule has 1 aliphatic carbocycles. The molecule has 0 aliphatic heterocycles. The average molecular weight is 507 g/mol. The number of rotatable bonds is 5. The third kappa shape index (κ3) is 3.78. The maximum absolute atomic E-state index is 12.5. The predicted octanol–water partition coefficient (Wildman–Crippen LogP) is 5.54. The van der Waals surface area contributed by atoms with Gasteiger partial charge in [0.25, 0.3) is 0 Å². The van der Waals surface area contributed by atoms with E-state index < -0.39 is 10.0 Å². The van der Waals surface area contributed by atoms with E-state index in [4.69, 9.17) is 0 Å². The number of pyridine rings is 1. The first kappa shape index (κ1) is 20.7. The molecule has 1 fully saturated rings. The number of halogens is 1. The Kier molecular flexibility index (Phi) is 5.03. The van der Waals surface area contributed by atoms with E-state index in [1.807, 2.05) is 48.0 Å². The van der Waals surface area contributed by atoms with E-state index in [-0.39, 0.29) is 5.25 Å². The summed E-state index contributed by atoms with van der Waals surface area (Å²) < 4.78 is 30.6. The Morgan fingerprint density at radius 3 is 2.72 bits per heavy atom. The first-order valence-electron chi connectivity index (χ1n) is 10.2. The van der Waals surface area contributed by atoms with Crippen LogP contribution in [0.4, 0.5) is 5.69 Å². The number of anilines is 1. The third-order valence-corrected chi connectivity index (χ3v) is 7.94. The average Bonchev–Trinajstić information content (AvgIpc) is 3.56. The molecule has 0 bridgehead atoms. The maximum Gasteiger partial charge on any atom is 0.235 e. The van der Waals surface area contributed by atoms with Gasteiger partial charge in [0.1, 0.15) is 5.65 Å². The van der Waals surface area contributed by atoms with Crippen molar-refractivity contribution >= 4 is 42.7 Å². The lowest BCUT2D eigenvalue weighted by molar-refractivity contribution is 0.600. The second-order valence-electron chi connectivity index (χ2n) is 7.98. The number of nitrogens with one attached hydrogen (secondary N) is 1. The molecule has 0 radical (unpaired) electrons. The molecule has 1 N–H and O–H groups in total. The van der Waals surface area contributed by atoms with Crippen molar-refractivity contribution in [1.82, 2.24) is 9.55 Å². The number of nitriles is 1. The highest BCUT2D eigenvalue weighted by molar-refractivity contribution is 9.10. The van der Waals surface area contributed by atoms with E-state index in [2.05, 4.69) is 31.7 Å². The van der Waals surface area contributed by atoms with Gasteiger partial charge < -0.3 is 4.57 Å². The third-order valence-electron chi connectivity index (χ3n) is 5.58. The van der Waals surface area contributed by atoms with Crippen LogP contribution >= 0.6 is 15.9 Å². The fraction of sp³-hybridized carbons (Fsp3) is 0.167. The van der Waals surface area contributed by atoms with E-state index in [0.717, 1.165) is 37.9 Å². The zero-order chi connectivity index (χ0) is 22.5. The van der Waals surface area contributed by atoms with Gasteiger partial charge in [-0.3, -0.25) is 4.72 Å². The normalized spacial score (nSPS) is 13.8. The van der Waals surface area contributed by atoms with Crippen molar-refractivity contribution in [3.63, 3.8) is 0 Å². The van der Waals surface area contributed by atoms with Crippen molar-refractivity contribution in [2.75, 3.05) is 4.72 Å². The van der Waals surface area contributed by atoms with Gasteiger partial charge in [0.2, 0.25) is 10.0 Å². The fourth-order valence-electron chi connectivity index (χ4n) is 3.89. The number of hydrogen-bond acceptors (Lipinski definition) is 4. The van der Waals surface area contributed by atoms with Crippen LogP contribution in [-0.4, -0.2) is 23.2 Å². The van der Waals surface area contributed by atoms with Gasteiger partial charge in [0, 0.05) is 27.8 Å². The van der Waals surface area contributed by atoms with Crippen molar-refractivity contribution in [2.45, 2.75) is 25.0 Å². The molecule has 2 aromatic heterocycles. The van der Waals surface area contributed by atoms with Crippen molar-refractivity contribution in [2.24, 2.45) is 0 Å². The van der Waals surface area contributed by atoms with Crippen LogP contribution in [0.15, 0.2) is 65.4 Å². The highest BCUT2D eigenvalue weighted by atomic mass is 79.9. The van der Waals surface area contributed by atoms with Crippen molar-refractivity contribution in [3.8, 4) is 22.9 Å². The molecule has 1 saturated carbocycles. The lowest BCUT2D eigenvalue weighted by Crippen LogP contribution is -2.17. The van der Waals surface area contributed by atoms with Gasteiger partial charge in [0.05, 0.1) is 28.3 Å². The molecule has 0 unspecified atom stereocenters. The van der Waals surface area contributed by atoms with Crippen molar-refractivity contribution in [3.05, 3.63) is 76.5 Å². The second-order valence-corrected chi connectivity index (χ2v) is 10.9. The molecular formula is C24H19BrN4O2S. The summed E-state index contributed by atoms with van der Waals surface area (Å²) in [5.41, 5.74) is 5.28. The summed E-state index contributed by atoms with van der Waals surface area (Å²) in [6.07, 6.45) is 5.08. The molecule has 0 atom stereocenters. The summed E-state index contributed by atoms with van der Waals surface area (Å²) in [5.74, 6) is 0. The quantitative estimate of drug-likeness (QED) is 0.384. The number of fused-ring (bicyclic) bond motifs is 1. The fourth-order valence-corrected chi connectivity index (χ4v) is 5.74. The number of benzene rings is 2. The standard InChI is InChI=1S/C24H19BrN4O2S/c1-15-9-18(25)4-7-23(15)29-14-22(21-3-2-8-27-24(21)29)17-10-16(13-26)11-19(12-17)28-32(30,31)20-5-6-20/h2-4,7-12,14,20,28H,5-6H2,1H3. The largest absolute Gasteiger partial charge is 0.300 e. The Morgan fingerprint density at radius 1 is 1.19 bits per heavy atom. The summed E-state index contributed by atoms with van der Waals surface area (Å²) in [4.78, 5) is 4.60. The number of nitrogens with zero attached hydrogens (tertiary/aromatic N) is 3. The van der Waals surface area contributed by atoms with E-state index in [0.29, 0.717) is 24.1 Å². The lowest BCUT2D eigenvalue weighted by Gasteiger charge is -2.10. The van der Waals surface area contributed by atoms with Gasteiger partial charge in [-0.05, 0) is 79.4 Å². The van der Waals surface area contributed by atoms with Crippen LogP contribution in [0.25, 0.3) is 27.8 Å². The minimum atomic E-state index is -3.44. The molecule has 160 valence electrons. The van der Waals surface area contributed by atoms with Crippen LogP contribution in [0.3, 0.4) is 0 Å². The monoisotopic (exact) mass is 506 g/mol. The van der Waals surface area contributed by atoms with Crippen molar-refractivity contribution in [1.29, 1.82) is 5.26 Å². The Balaban J connectivity index is 1.68. The first-order valence-corrected chi connectivity index (χ1v) is 12.5. The van der Waals surface area contributed by atoms with Gasteiger partial charge in [-0.15, -0.1) is 0 Å². The SMILES string of the molecule is Cc1cc(Br)ccc1-n1cc(-c2cc(C#N)cc(NS(=O)(=O)C3CC3)c2)c2cccnc21. The highest BCUT2D eigenvalue weighted by Gasteiger charge is 2.35. The van der Waals surface area contributed by atoms with Crippen LogP contribution in [0.5, 0.6) is 0 Å². The molecule has 1 aliphatic rings. The Bertz CT molecular complexity index is 1520. The molecule has 2 aromatic carbocycles. The van der Waals surface area contributed by atoms with Crippen LogP contribution < -0.4 is 4.72 Å². The molecule has 8 heteroatoms. The van der Waals surface area contributed by atoms with Gasteiger partial charge in [0.15, 0.2) is 0 Å². The minimum absolute atomic E-state index is 0.344. The van der Waals surface area contributed by atoms with Crippen LogP contribution in [0.1, 0.15) is 24.0 Å². The summed E-state index contributed by atoms with van der Waals surface area (Å²) in [6, 6.07) is 17.2. The Morgan fingerprint density at radius 2 is 2.00 bits per heavy atom. The lowest BCUT2D eigenvalue weighted by atomic mass is 10.0. The number of aryl methyl sites for hydroxylation is 1. The Labute approximate surface area is 194 Å². The van der Waals surface area contributed by atoms with E-state index >= 15 is 0 Å². The maximum atomic E-state index is 12.5. The van der Waals surface area contributed by atoms with E-state index in [1.54, 1.807) is 24.4 Å². The van der Waals surface area contributed by atoms with Crippen LogP contribution in [0, 0.1) is 18.3 Å². The molecular weight excluding hydrogens is 488 g/mol. The molecule has 4 aromatic rings. The predicted molar refractivity (Wildman–Crippen MR) is 129 cm³/mol. The molecule has 5 rings (SSSR count). The van der Waals surface area contributed by atoms with Crippen molar-refractivity contribution < 1.29 is 8.42 Å². The Hall–Kier alpha value is -3.15. The van der Waals surface area contributed by atoms with E-state index in [9.17, 15) is 13.7 Å². The van der Waals surface area contributed by atoms with E-state index in [1.165, 1.54) is 0 Å². The van der Waals surface area contributed by atoms with Crippen LogP contribution in [0.2, 0.25) is 0 Å². The smallest absolute Gasteiger partial charge is 0.235 e. The zero-order valence-corrected chi connectivity index (χ0v) is 19.6. The summed E-state index contributed by atoms with van der Waals surface area (Å²) in [5, 5.41) is 10.1. The summed E-state index contributed by atoms with van der Waals surface area (Å²) in [6.45, 7) is 2.04. The molecule has 0 amide bonds. The zero-order valence-electron chi connectivity index (χ0n) is 17.2. The molecule has 2 heterocycles. The second kappa shape index (κ2) is 7.76.